The standard InChI is InChI=1S/C23H29N3O4S/c1-6-29-18-8-16-7-12(2)30-19(16)9-17(18)10-25-20(27)11-31-23-21(22(24)28)14(4)13(3)15(5)26-23/h8-9,12H,6-7,10-11H2,1-5H3,(H2,24,28)(H,25,27)/t12-/m0/s1. The minimum Gasteiger partial charge on any atom is -0.494 e. The van der Waals surface area contributed by atoms with Crippen molar-refractivity contribution in [2.24, 2.45) is 5.73 Å². The molecule has 31 heavy (non-hydrogen) atoms. The van der Waals surface area contributed by atoms with Crippen LogP contribution in [0.4, 0.5) is 0 Å². The van der Waals surface area contributed by atoms with Gasteiger partial charge in [0.1, 0.15) is 22.6 Å². The number of pyridine rings is 1. The van der Waals surface area contributed by atoms with Gasteiger partial charge >= 0.3 is 0 Å². The van der Waals surface area contributed by atoms with Crippen molar-refractivity contribution < 1.29 is 19.1 Å². The molecule has 0 aliphatic carbocycles. The molecule has 8 heteroatoms. The molecule has 2 amide bonds. The van der Waals surface area contributed by atoms with Gasteiger partial charge in [0.05, 0.1) is 17.9 Å². The molecule has 2 aromatic rings. The normalized spacial score (nSPS) is 14.7. The minimum atomic E-state index is -0.537. The van der Waals surface area contributed by atoms with Gasteiger partial charge in [0.2, 0.25) is 5.91 Å². The van der Waals surface area contributed by atoms with Crippen LogP contribution < -0.4 is 20.5 Å². The van der Waals surface area contributed by atoms with Crippen molar-refractivity contribution >= 4 is 23.6 Å². The van der Waals surface area contributed by atoms with Crippen molar-refractivity contribution in [1.82, 2.24) is 10.3 Å². The van der Waals surface area contributed by atoms with Gasteiger partial charge in [0.25, 0.3) is 5.91 Å². The second-order valence-corrected chi connectivity index (χ2v) is 8.65. The van der Waals surface area contributed by atoms with Crippen molar-refractivity contribution in [2.75, 3.05) is 12.4 Å². The molecule has 1 atom stereocenters. The summed E-state index contributed by atoms with van der Waals surface area (Å²) < 4.78 is 11.6. The predicted octanol–water partition coefficient (Wildman–Crippen LogP) is 3.24. The molecule has 0 bridgehead atoms. The number of rotatable bonds is 8. The number of thioether (sulfide) groups is 1. The first-order chi connectivity index (χ1) is 14.7. The third kappa shape index (κ3) is 5.12. The van der Waals surface area contributed by atoms with Crippen LogP contribution >= 0.6 is 11.8 Å². The van der Waals surface area contributed by atoms with E-state index in [4.69, 9.17) is 15.2 Å². The molecule has 0 fully saturated rings. The van der Waals surface area contributed by atoms with Gasteiger partial charge in [-0.1, -0.05) is 11.8 Å². The molecule has 0 unspecified atom stereocenters. The van der Waals surface area contributed by atoms with Crippen LogP contribution in [0.15, 0.2) is 17.2 Å². The SMILES string of the molecule is CCOc1cc2c(cc1CNC(=O)CSc1nc(C)c(C)c(C)c1C(N)=O)O[C@@H](C)C2. The molecule has 166 valence electrons. The van der Waals surface area contributed by atoms with Crippen LogP contribution in [0, 0.1) is 20.8 Å². The Labute approximate surface area is 187 Å². The molecule has 0 saturated carbocycles. The van der Waals surface area contributed by atoms with Crippen molar-refractivity contribution in [3.63, 3.8) is 0 Å². The van der Waals surface area contributed by atoms with Crippen molar-refractivity contribution in [3.05, 3.63) is 45.6 Å². The van der Waals surface area contributed by atoms with Crippen molar-refractivity contribution in [1.29, 1.82) is 0 Å². The number of primary amides is 1. The molecule has 1 aliphatic rings. The van der Waals surface area contributed by atoms with E-state index in [2.05, 4.69) is 10.3 Å². The molecule has 1 aliphatic heterocycles. The molecular formula is C23H29N3O4S. The van der Waals surface area contributed by atoms with E-state index in [0.717, 1.165) is 45.9 Å². The maximum Gasteiger partial charge on any atom is 0.251 e. The van der Waals surface area contributed by atoms with Crippen LogP contribution in [-0.4, -0.2) is 35.3 Å². The second kappa shape index (κ2) is 9.60. The van der Waals surface area contributed by atoms with Crippen LogP contribution in [0.1, 0.15) is 52.2 Å². The number of nitrogens with two attached hydrogens (primary N) is 1. The number of hydrogen-bond donors (Lipinski definition) is 2. The topological polar surface area (TPSA) is 104 Å². The fraction of sp³-hybridized carbons (Fsp3) is 0.435. The number of nitrogens with zero attached hydrogens (tertiary/aromatic N) is 1. The first kappa shape index (κ1) is 22.9. The highest BCUT2D eigenvalue weighted by Crippen LogP contribution is 2.35. The number of nitrogens with one attached hydrogen (secondary N) is 1. The lowest BCUT2D eigenvalue weighted by Crippen LogP contribution is -2.25. The van der Waals surface area contributed by atoms with Gasteiger partial charge in [-0.2, -0.15) is 0 Å². The van der Waals surface area contributed by atoms with Gasteiger partial charge in [-0.25, -0.2) is 4.98 Å². The Bertz CT molecular complexity index is 1020. The summed E-state index contributed by atoms with van der Waals surface area (Å²) in [6.45, 7) is 10.5. The maximum absolute atomic E-state index is 12.5. The number of carbonyl (C=O) groups excluding carboxylic acids is 2. The lowest BCUT2D eigenvalue weighted by Gasteiger charge is -2.14. The molecule has 1 aromatic heterocycles. The molecule has 2 heterocycles. The Balaban J connectivity index is 1.68. The minimum absolute atomic E-state index is 0.123. The molecule has 1 aromatic carbocycles. The number of amides is 2. The number of aromatic nitrogens is 1. The van der Waals surface area contributed by atoms with E-state index in [9.17, 15) is 9.59 Å². The van der Waals surface area contributed by atoms with Crippen LogP contribution in [0.5, 0.6) is 11.5 Å². The Morgan fingerprint density at radius 1 is 1.29 bits per heavy atom. The Hall–Kier alpha value is -2.74. The van der Waals surface area contributed by atoms with E-state index in [1.807, 2.05) is 46.8 Å². The van der Waals surface area contributed by atoms with Crippen molar-refractivity contribution in [3.8, 4) is 11.5 Å². The predicted molar refractivity (Wildman–Crippen MR) is 121 cm³/mol. The summed E-state index contributed by atoms with van der Waals surface area (Å²) in [6, 6.07) is 3.94. The summed E-state index contributed by atoms with van der Waals surface area (Å²) in [6.07, 6.45) is 0.989. The van der Waals surface area contributed by atoms with E-state index >= 15 is 0 Å². The lowest BCUT2D eigenvalue weighted by molar-refractivity contribution is -0.118. The van der Waals surface area contributed by atoms with Gasteiger partial charge in [-0.15, -0.1) is 0 Å². The van der Waals surface area contributed by atoms with E-state index in [1.54, 1.807) is 0 Å². The Morgan fingerprint density at radius 2 is 2.03 bits per heavy atom. The highest BCUT2D eigenvalue weighted by molar-refractivity contribution is 8.00. The van der Waals surface area contributed by atoms with Crippen LogP contribution in [-0.2, 0) is 17.8 Å². The molecule has 3 N–H and O–H groups in total. The van der Waals surface area contributed by atoms with Gasteiger partial charge in [0.15, 0.2) is 0 Å². The quantitative estimate of drug-likeness (QED) is 0.607. The molecule has 3 rings (SSSR count). The smallest absolute Gasteiger partial charge is 0.251 e. The molecular weight excluding hydrogens is 414 g/mol. The van der Waals surface area contributed by atoms with Crippen LogP contribution in [0.3, 0.4) is 0 Å². The third-order valence-electron chi connectivity index (χ3n) is 5.40. The summed E-state index contributed by atoms with van der Waals surface area (Å²) in [4.78, 5) is 28.9. The zero-order valence-corrected chi connectivity index (χ0v) is 19.4. The third-order valence-corrected chi connectivity index (χ3v) is 6.38. The van der Waals surface area contributed by atoms with Gasteiger partial charge in [0, 0.05) is 29.8 Å². The Kier molecular flexibility index (Phi) is 7.10. The monoisotopic (exact) mass is 443 g/mol. The number of hydrogen-bond acceptors (Lipinski definition) is 6. The first-order valence-corrected chi connectivity index (χ1v) is 11.3. The molecule has 0 spiro atoms. The largest absolute Gasteiger partial charge is 0.494 e. The van der Waals surface area contributed by atoms with Crippen LogP contribution in [0.25, 0.3) is 0 Å². The van der Waals surface area contributed by atoms with Gasteiger partial charge in [-0.05, 0) is 57.9 Å². The molecule has 7 nitrogen and oxygen atoms in total. The fourth-order valence-electron chi connectivity index (χ4n) is 3.59. The van der Waals surface area contributed by atoms with Crippen molar-refractivity contribution in [2.45, 2.75) is 58.7 Å². The number of benzene rings is 1. The van der Waals surface area contributed by atoms with Gasteiger partial charge in [-0.3, -0.25) is 9.59 Å². The first-order valence-electron chi connectivity index (χ1n) is 10.3. The highest BCUT2D eigenvalue weighted by atomic mass is 32.2. The average molecular weight is 444 g/mol. The maximum atomic E-state index is 12.5. The fourth-order valence-corrected chi connectivity index (χ4v) is 4.56. The number of carbonyl (C=O) groups is 2. The van der Waals surface area contributed by atoms with Gasteiger partial charge < -0.3 is 20.5 Å². The number of ether oxygens (including phenoxy) is 2. The van der Waals surface area contributed by atoms with E-state index in [-0.39, 0.29) is 17.8 Å². The summed E-state index contributed by atoms with van der Waals surface area (Å²) >= 11 is 1.21. The summed E-state index contributed by atoms with van der Waals surface area (Å²) in [5.41, 5.74) is 10.5. The molecule has 0 radical (unpaired) electrons. The van der Waals surface area contributed by atoms with E-state index < -0.39 is 5.91 Å². The lowest BCUT2D eigenvalue weighted by atomic mass is 10.0. The number of fused-ring (bicyclic) bond motifs is 1. The van der Waals surface area contributed by atoms with Crippen LogP contribution in [0.2, 0.25) is 0 Å². The Morgan fingerprint density at radius 3 is 2.71 bits per heavy atom. The molecule has 0 saturated heterocycles. The summed E-state index contributed by atoms with van der Waals surface area (Å²) in [5, 5.41) is 3.40. The zero-order valence-electron chi connectivity index (χ0n) is 18.6. The summed E-state index contributed by atoms with van der Waals surface area (Å²) in [5.74, 6) is 1.02. The highest BCUT2D eigenvalue weighted by Gasteiger charge is 2.22. The van der Waals surface area contributed by atoms with E-state index in [0.29, 0.717) is 23.7 Å². The number of aryl methyl sites for hydroxylation is 1. The second-order valence-electron chi connectivity index (χ2n) is 7.69. The average Bonchev–Trinajstić information content (AvgIpc) is 3.07. The summed E-state index contributed by atoms with van der Waals surface area (Å²) in [7, 11) is 0. The zero-order chi connectivity index (χ0) is 22.7. The van der Waals surface area contributed by atoms with E-state index in [1.165, 1.54) is 11.8 Å².